The summed E-state index contributed by atoms with van der Waals surface area (Å²) in [6, 6.07) is 16.1. The lowest BCUT2D eigenvalue weighted by molar-refractivity contribution is 0.0697. The second-order valence-electron chi connectivity index (χ2n) is 5.62. The van der Waals surface area contributed by atoms with E-state index in [1.807, 2.05) is 29.2 Å². The number of aromatic nitrogens is 1. The van der Waals surface area contributed by atoms with Gasteiger partial charge in [0.25, 0.3) is 0 Å². The highest BCUT2D eigenvalue weighted by molar-refractivity contribution is 6.32. The molecule has 1 N–H and O–H groups in total. The van der Waals surface area contributed by atoms with Crippen LogP contribution in [0.4, 0.5) is 11.4 Å². The zero-order valence-corrected chi connectivity index (χ0v) is 14.8. The van der Waals surface area contributed by atoms with Gasteiger partial charge in [-0.2, -0.15) is 0 Å². The fourth-order valence-electron chi connectivity index (χ4n) is 2.61. The maximum atomic E-state index is 11.1. The average Bonchev–Trinajstić information content (AvgIpc) is 2.67. The summed E-state index contributed by atoms with van der Waals surface area (Å²) in [5, 5.41) is 9.61. The van der Waals surface area contributed by atoms with Crippen LogP contribution in [0.25, 0.3) is 0 Å². The number of nitrogens with zero attached hydrogens (tertiary/aromatic N) is 2. The Hall–Kier alpha value is -3.05. The molecule has 0 bridgehead atoms. The number of carboxylic acids is 1. The summed E-state index contributed by atoms with van der Waals surface area (Å²) in [6.07, 6.45) is 3.52. The van der Waals surface area contributed by atoms with Crippen LogP contribution in [-0.4, -0.2) is 23.2 Å². The van der Waals surface area contributed by atoms with Gasteiger partial charge in [0.2, 0.25) is 0 Å². The van der Waals surface area contributed by atoms with Gasteiger partial charge >= 0.3 is 5.97 Å². The first-order valence-electron chi connectivity index (χ1n) is 7.92. The van der Waals surface area contributed by atoms with Gasteiger partial charge in [-0.05, 0) is 54.1 Å². The lowest BCUT2D eigenvalue weighted by Crippen LogP contribution is -2.16. The maximum absolute atomic E-state index is 11.1. The highest BCUT2D eigenvalue weighted by Crippen LogP contribution is 2.34. The molecule has 0 saturated heterocycles. The van der Waals surface area contributed by atoms with E-state index in [1.165, 1.54) is 0 Å². The summed E-state index contributed by atoms with van der Waals surface area (Å²) in [7, 11) is 1.57. The molecule has 1 aromatic heterocycles. The topological polar surface area (TPSA) is 62.7 Å². The summed E-state index contributed by atoms with van der Waals surface area (Å²) in [4.78, 5) is 17.3. The van der Waals surface area contributed by atoms with Gasteiger partial charge in [0, 0.05) is 30.3 Å². The van der Waals surface area contributed by atoms with Gasteiger partial charge in [-0.15, -0.1) is 0 Å². The second kappa shape index (κ2) is 7.89. The Kier molecular flexibility index (Phi) is 5.39. The van der Waals surface area contributed by atoms with Crippen molar-refractivity contribution in [3.63, 3.8) is 0 Å². The smallest absolute Gasteiger partial charge is 0.335 e. The molecule has 6 heteroatoms. The molecular weight excluding hydrogens is 352 g/mol. The quantitative estimate of drug-likeness (QED) is 0.678. The number of hydrogen-bond acceptors (Lipinski definition) is 4. The van der Waals surface area contributed by atoms with E-state index in [1.54, 1.807) is 49.8 Å². The standard InChI is InChI=1S/C20H17ClN2O3/c1-26-19-9-8-17(11-18(19)21)23(13-14-3-2-10-22-12-14)16-6-4-15(5-7-16)20(24)25/h2-12H,13H2,1H3,(H,24,25). The number of rotatable bonds is 6. The first-order chi connectivity index (χ1) is 12.6. The molecule has 0 aliphatic heterocycles. The molecule has 0 radical (unpaired) electrons. The number of carbonyl (C=O) groups is 1. The van der Waals surface area contributed by atoms with Crippen LogP contribution in [0.15, 0.2) is 67.0 Å². The Labute approximate surface area is 156 Å². The summed E-state index contributed by atoms with van der Waals surface area (Å²) in [5.74, 6) is -0.360. The van der Waals surface area contributed by atoms with E-state index in [0.717, 1.165) is 16.9 Å². The van der Waals surface area contributed by atoms with Gasteiger partial charge < -0.3 is 14.7 Å². The molecule has 0 unspecified atom stereocenters. The van der Waals surface area contributed by atoms with Crippen LogP contribution in [-0.2, 0) is 6.54 Å². The van der Waals surface area contributed by atoms with E-state index in [4.69, 9.17) is 21.4 Å². The minimum absolute atomic E-state index is 0.239. The van der Waals surface area contributed by atoms with E-state index in [2.05, 4.69) is 4.98 Å². The fraction of sp³-hybridized carbons (Fsp3) is 0.100. The van der Waals surface area contributed by atoms with Crippen molar-refractivity contribution >= 4 is 28.9 Å². The van der Waals surface area contributed by atoms with Crippen LogP contribution < -0.4 is 9.64 Å². The predicted molar refractivity (Wildman–Crippen MR) is 101 cm³/mol. The summed E-state index contributed by atoms with van der Waals surface area (Å²) in [5.41, 5.74) is 2.97. The Balaban J connectivity index is 2.01. The average molecular weight is 369 g/mol. The number of hydrogen-bond donors (Lipinski definition) is 1. The number of carboxylic acid groups (broad SMARTS) is 1. The van der Waals surface area contributed by atoms with Crippen LogP contribution >= 0.6 is 11.6 Å². The van der Waals surface area contributed by atoms with Gasteiger partial charge in [0.1, 0.15) is 5.75 Å². The number of pyridine rings is 1. The number of halogens is 1. The molecule has 0 saturated carbocycles. The Morgan fingerprint density at radius 1 is 1.15 bits per heavy atom. The molecule has 26 heavy (non-hydrogen) atoms. The van der Waals surface area contributed by atoms with Crippen molar-refractivity contribution in [3.8, 4) is 5.75 Å². The van der Waals surface area contributed by atoms with Crippen molar-refractivity contribution in [3.05, 3.63) is 83.1 Å². The van der Waals surface area contributed by atoms with Crippen molar-refractivity contribution in [2.24, 2.45) is 0 Å². The molecule has 5 nitrogen and oxygen atoms in total. The SMILES string of the molecule is COc1ccc(N(Cc2cccnc2)c2ccc(C(=O)O)cc2)cc1Cl. The summed E-state index contributed by atoms with van der Waals surface area (Å²) in [6.45, 7) is 0.558. The molecule has 0 spiro atoms. The molecule has 2 aromatic carbocycles. The molecule has 0 atom stereocenters. The van der Waals surface area contributed by atoms with Crippen molar-refractivity contribution in [2.75, 3.05) is 12.0 Å². The van der Waals surface area contributed by atoms with E-state index < -0.39 is 5.97 Å². The highest BCUT2D eigenvalue weighted by Gasteiger charge is 2.14. The van der Waals surface area contributed by atoms with E-state index >= 15 is 0 Å². The van der Waals surface area contributed by atoms with Gasteiger partial charge in [0.15, 0.2) is 0 Å². The number of methoxy groups -OCH3 is 1. The predicted octanol–water partition coefficient (Wildman–Crippen LogP) is 4.78. The first-order valence-corrected chi connectivity index (χ1v) is 8.29. The third kappa shape index (κ3) is 3.95. The van der Waals surface area contributed by atoms with E-state index in [-0.39, 0.29) is 5.56 Å². The summed E-state index contributed by atoms with van der Waals surface area (Å²) < 4.78 is 5.22. The third-order valence-corrected chi connectivity index (χ3v) is 4.23. The molecule has 132 valence electrons. The molecule has 0 amide bonds. The van der Waals surface area contributed by atoms with Crippen LogP contribution in [0.3, 0.4) is 0 Å². The molecule has 0 aliphatic rings. The summed E-state index contributed by atoms with van der Waals surface area (Å²) >= 11 is 6.29. The molecule has 0 aliphatic carbocycles. The van der Waals surface area contributed by atoms with E-state index in [9.17, 15) is 4.79 Å². The molecule has 3 rings (SSSR count). The van der Waals surface area contributed by atoms with E-state index in [0.29, 0.717) is 17.3 Å². The fourth-order valence-corrected chi connectivity index (χ4v) is 2.86. The van der Waals surface area contributed by atoms with Crippen molar-refractivity contribution in [1.82, 2.24) is 4.98 Å². The van der Waals surface area contributed by atoms with Crippen molar-refractivity contribution in [1.29, 1.82) is 0 Å². The Bertz CT molecular complexity index is 899. The molecular formula is C20H17ClN2O3. The van der Waals surface area contributed by atoms with Crippen LogP contribution in [0, 0.1) is 0 Å². The zero-order valence-electron chi connectivity index (χ0n) is 14.1. The highest BCUT2D eigenvalue weighted by atomic mass is 35.5. The first kappa shape index (κ1) is 17.8. The zero-order chi connectivity index (χ0) is 18.5. The van der Waals surface area contributed by atoms with Gasteiger partial charge in [-0.3, -0.25) is 4.98 Å². The van der Waals surface area contributed by atoms with Crippen molar-refractivity contribution in [2.45, 2.75) is 6.54 Å². The minimum Gasteiger partial charge on any atom is -0.495 e. The third-order valence-electron chi connectivity index (χ3n) is 3.94. The largest absolute Gasteiger partial charge is 0.495 e. The number of benzene rings is 2. The van der Waals surface area contributed by atoms with Gasteiger partial charge in [-0.25, -0.2) is 4.79 Å². The minimum atomic E-state index is -0.956. The van der Waals surface area contributed by atoms with Gasteiger partial charge in [0.05, 0.1) is 17.7 Å². The number of anilines is 2. The van der Waals surface area contributed by atoms with Crippen LogP contribution in [0.5, 0.6) is 5.75 Å². The Morgan fingerprint density at radius 2 is 1.88 bits per heavy atom. The van der Waals surface area contributed by atoms with Gasteiger partial charge in [-0.1, -0.05) is 17.7 Å². The monoisotopic (exact) mass is 368 g/mol. The lowest BCUT2D eigenvalue weighted by Gasteiger charge is -2.26. The molecule has 0 fully saturated rings. The number of aromatic carboxylic acids is 1. The Morgan fingerprint density at radius 3 is 2.46 bits per heavy atom. The second-order valence-corrected chi connectivity index (χ2v) is 6.03. The lowest BCUT2D eigenvalue weighted by atomic mass is 10.1. The van der Waals surface area contributed by atoms with Crippen LogP contribution in [0.1, 0.15) is 15.9 Å². The number of ether oxygens (including phenoxy) is 1. The maximum Gasteiger partial charge on any atom is 0.335 e. The molecule has 3 aromatic rings. The van der Waals surface area contributed by atoms with Crippen LogP contribution in [0.2, 0.25) is 5.02 Å². The van der Waals surface area contributed by atoms with Crippen molar-refractivity contribution < 1.29 is 14.6 Å². The molecule has 1 heterocycles. The normalized spacial score (nSPS) is 10.4.